The molecule has 0 amide bonds. The minimum atomic E-state index is 0.0656. The molecule has 138 valence electrons. The molecular formula is C19H20N6O2. The van der Waals surface area contributed by atoms with Crippen LogP contribution >= 0.6 is 0 Å². The molecule has 4 aromatic rings. The zero-order valence-electron chi connectivity index (χ0n) is 15.4. The van der Waals surface area contributed by atoms with E-state index in [1.54, 1.807) is 18.1 Å². The lowest BCUT2D eigenvalue weighted by molar-refractivity contribution is 0.208. The van der Waals surface area contributed by atoms with E-state index >= 15 is 0 Å². The zero-order chi connectivity index (χ0) is 18.8. The Morgan fingerprint density at radius 1 is 1.22 bits per heavy atom. The second kappa shape index (κ2) is 7.06. The molecule has 0 bridgehead atoms. The molecule has 0 fully saturated rings. The molecule has 0 unspecified atom stereocenters. The van der Waals surface area contributed by atoms with Crippen LogP contribution in [0.3, 0.4) is 0 Å². The molecule has 0 aliphatic carbocycles. The van der Waals surface area contributed by atoms with Gasteiger partial charge in [-0.2, -0.15) is 0 Å². The summed E-state index contributed by atoms with van der Waals surface area (Å²) in [6, 6.07) is 11.6. The molecule has 0 saturated carbocycles. The molecule has 4 rings (SSSR count). The number of ether oxygens (including phenoxy) is 2. The lowest BCUT2D eigenvalue weighted by Crippen LogP contribution is -2.11. The molecule has 2 aromatic heterocycles. The van der Waals surface area contributed by atoms with Crippen molar-refractivity contribution in [1.82, 2.24) is 30.2 Å². The lowest BCUT2D eigenvalue weighted by atomic mass is 10.1. The fourth-order valence-corrected chi connectivity index (χ4v) is 2.82. The third-order valence-electron chi connectivity index (χ3n) is 4.43. The monoisotopic (exact) mass is 364 g/mol. The van der Waals surface area contributed by atoms with Crippen LogP contribution < -0.4 is 9.47 Å². The van der Waals surface area contributed by atoms with Crippen LogP contribution in [0.25, 0.3) is 28.1 Å². The first-order valence-electron chi connectivity index (χ1n) is 8.76. The first-order chi connectivity index (χ1) is 13.2. The average Bonchev–Trinajstić information content (AvgIpc) is 3.37. The third-order valence-corrected chi connectivity index (χ3v) is 4.43. The highest BCUT2D eigenvalue weighted by molar-refractivity contribution is 5.83. The van der Waals surface area contributed by atoms with Crippen molar-refractivity contribution in [2.45, 2.75) is 26.4 Å². The first kappa shape index (κ1) is 17.0. The minimum Gasteiger partial charge on any atom is -0.493 e. The van der Waals surface area contributed by atoms with Crippen molar-refractivity contribution in [3.8, 4) is 28.6 Å². The van der Waals surface area contributed by atoms with Gasteiger partial charge in [0.05, 0.1) is 35.5 Å². The molecule has 8 heteroatoms. The number of nitrogens with zero attached hydrogens (tertiary/aromatic N) is 5. The van der Waals surface area contributed by atoms with Crippen LogP contribution in [-0.2, 0) is 0 Å². The summed E-state index contributed by atoms with van der Waals surface area (Å²) in [4.78, 5) is 8.09. The van der Waals surface area contributed by atoms with Gasteiger partial charge in [-0.1, -0.05) is 13.0 Å². The normalized spacial score (nSPS) is 12.3. The van der Waals surface area contributed by atoms with Crippen LogP contribution in [0.1, 0.15) is 20.3 Å². The third kappa shape index (κ3) is 3.21. The molecular weight excluding hydrogens is 344 g/mol. The van der Waals surface area contributed by atoms with Gasteiger partial charge in [-0.05, 0) is 54.1 Å². The molecule has 0 aliphatic heterocycles. The van der Waals surface area contributed by atoms with E-state index in [0.717, 1.165) is 34.5 Å². The number of rotatable bonds is 6. The highest BCUT2D eigenvalue weighted by Gasteiger charge is 2.17. The summed E-state index contributed by atoms with van der Waals surface area (Å²) in [7, 11) is 1.64. The Labute approximate surface area is 156 Å². The van der Waals surface area contributed by atoms with Crippen molar-refractivity contribution >= 4 is 11.0 Å². The summed E-state index contributed by atoms with van der Waals surface area (Å²) >= 11 is 0. The van der Waals surface area contributed by atoms with Crippen molar-refractivity contribution in [3.63, 3.8) is 0 Å². The Hall–Kier alpha value is -3.42. The number of aromatic amines is 1. The summed E-state index contributed by atoms with van der Waals surface area (Å²) < 4.78 is 13.2. The maximum Gasteiger partial charge on any atom is 0.172 e. The Bertz CT molecular complexity index is 1060. The number of hydrogen-bond acceptors (Lipinski definition) is 6. The Balaban J connectivity index is 1.80. The molecule has 2 aromatic carbocycles. The van der Waals surface area contributed by atoms with Crippen LogP contribution in [0.15, 0.2) is 42.7 Å². The SMILES string of the molecule is CC[C@H](C)Oc1c(OC)cccc1-c1nc2ccc(-n3cnnn3)cc2[nH]1. The second-order valence-electron chi connectivity index (χ2n) is 6.21. The van der Waals surface area contributed by atoms with Crippen molar-refractivity contribution in [1.29, 1.82) is 0 Å². The summed E-state index contributed by atoms with van der Waals surface area (Å²) in [5, 5.41) is 11.3. The fourth-order valence-electron chi connectivity index (χ4n) is 2.82. The van der Waals surface area contributed by atoms with Gasteiger partial charge >= 0.3 is 0 Å². The maximum absolute atomic E-state index is 6.13. The van der Waals surface area contributed by atoms with Gasteiger partial charge < -0.3 is 14.5 Å². The number of fused-ring (bicyclic) bond motifs is 1. The smallest absolute Gasteiger partial charge is 0.172 e. The molecule has 1 N–H and O–H groups in total. The van der Waals surface area contributed by atoms with E-state index in [4.69, 9.17) is 14.5 Å². The summed E-state index contributed by atoms with van der Waals surface area (Å²) in [6.45, 7) is 4.12. The molecule has 8 nitrogen and oxygen atoms in total. The largest absolute Gasteiger partial charge is 0.493 e. The van der Waals surface area contributed by atoms with E-state index in [9.17, 15) is 0 Å². The highest BCUT2D eigenvalue weighted by Crippen LogP contribution is 2.38. The van der Waals surface area contributed by atoms with E-state index in [2.05, 4.69) is 27.4 Å². The van der Waals surface area contributed by atoms with Gasteiger partial charge in [-0.3, -0.25) is 0 Å². The van der Waals surface area contributed by atoms with Gasteiger partial charge in [-0.25, -0.2) is 9.67 Å². The molecule has 0 aliphatic rings. The van der Waals surface area contributed by atoms with Gasteiger partial charge in [-0.15, -0.1) is 5.10 Å². The Morgan fingerprint density at radius 2 is 2.11 bits per heavy atom. The molecule has 2 heterocycles. The van der Waals surface area contributed by atoms with Gasteiger partial charge in [0.1, 0.15) is 12.2 Å². The van der Waals surface area contributed by atoms with Crippen molar-refractivity contribution in [2.75, 3.05) is 7.11 Å². The highest BCUT2D eigenvalue weighted by atomic mass is 16.5. The van der Waals surface area contributed by atoms with Crippen LogP contribution in [0.5, 0.6) is 11.5 Å². The molecule has 0 spiro atoms. The zero-order valence-corrected chi connectivity index (χ0v) is 15.4. The number of nitrogens with one attached hydrogen (secondary N) is 1. The van der Waals surface area contributed by atoms with Gasteiger partial charge in [0.15, 0.2) is 11.5 Å². The lowest BCUT2D eigenvalue weighted by Gasteiger charge is -2.18. The Morgan fingerprint density at radius 3 is 2.85 bits per heavy atom. The molecule has 0 radical (unpaired) electrons. The predicted octanol–water partition coefficient (Wildman–Crippen LogP) is 3.39. The molecule has 1 atom stereocenters. The number of para-hydroxylation sites is 1. The number of hydrogen-bond donors (Lipinski definition) is 1. The summed E-state index contributed by atoms with van der Waals surface area (Å²) in [6.07, 6.45) is 2.52. The fraction of sp³-hybridized carbons (Fsp3) is 0.263. The Kier molecular flexibility index (Phi) is 4.45. The van der Waals surface area contributed by atoms with Crippen LogP contribution in [0.2, 0.25) is 0 Å². The van der Waals surface area contributed by atoms with Crippen molar-refractivity contribution in [3.05, 3.63) is 42.7 Å². The standard InChI is InChI=1S/C19H20N6O2/c1-4-12(2)27-18-14(6-5-7-17(18)26-3)19-21-15-9-8-13(10-16(15)22-19)25-11-20-23-24-25/h5-12H,4H2,1-3H3,(H,21,22)/t12-/m0/s1. The van der Waals surface area contributed by atoms with Gasteiger partial charge in [0, 0.05) is 0 Å². The first-order valence-corrected chi connectivity index (χ1v) is 8.76. The van der Waals surface area contributed by atoms with Crippen LogP contribution in [-0.4, -0.2) is 43.4 Å². The summed E-state index contributed by atoms with van der Waals surface area (Å²) in [5.74, 6) is 2.09. The van der Waals surface area contributed by atoms with E-state index < -0.39 is 0 Å². The maximum atomic E-state index is 6.13. The number of aromatic nitrogens is 6. The predicted molar refractivity (Wildman–Crippen MR) is 101 cm³/mol. The topological polar surface area (TPSA) is 90.7 Å². The minimum absolute atomic E-state index is 0.0656. The quantitative estimate of drug-likeness (QED) is 0.564. The van der Waals surface area contributed by atoms with E-state index in [-0.39, 0.29) is 6.10 Å². The van der Waals surface area contributed by atoms with Crippen LogP contribution in [0.4, 0.5) is 0 Å². The number of methoxy groups -OCH3 is 1. The summed E-state index contributed by atoms with van der Waals surface area (Å²) in [5.41, 5.74) is 3.44. The number of imidazole rings is 1. The van der Waals surface area contributed by atoms with E-state index in [1.807, 2.05) is 43.3 Å². The van der Waals surface area contributed by atoms with Crippen LogP contribution in [0, 0.1) is 0 Å². The average molecular weight is 364 g/mol. The van der Waals surface area contributed by atoms with Crippen molar-refractivity contribution in [2.24, 2.45) is 0 Å². The van der Waals surface area contributed by atoms with Gasteiger partial charge in [0.2, 0.25) is 0 Å². The number of benzene rings is 2. The van der Waals surface area contributed by atoms with Crippen molar-refractivity contribution < 1.29 is 9.47 Å². The molecule has 0 saturated heterocycles. The van der Waals surface area contributed by atoms with Gasteiger partial charge in [0.25, 0.3) is 0 Å². The second-order valence-corrected chi connectivity index (χ2v) is 6.21. The number of tetrazole rings is 1. The molecule has 27 heavy (non-hydrogen) atoms. The number of H-pyrrole nitrogens is 1. The van der Waals surface area contributed by atoms with E-state index in [0.29, 0.717) is 11.5 Å². The van der Waals surface area contributed by atoms with E-state index in [1.165, 1.54) is 0 Å².